The van der Waals surface area contributed by atoms with Crippen LogP contribution in [-0.2, 0) is 0 Å². The quantitative estimate of drug-likeness (QED) is 0.437. The number of hydrogen-bond acceptors (Lipinski definition) is 2. The monoisotopic (exact) mass is 290 g/mol. The van der Waals surface area contributed by atoms with Gasteiger partial charge in [0.1, 0.15) is 11.3 Å². The summed E-state index contributed by atoms with van der Waals surface area (Å²) in [5.41, 5.74) is 0.193. The topological polar surface area (TPSA) is 46.5 Å². The van der Waals surface area contributed by atoms with E-state index >= 15 is 0 Å². The first-order valence-electron chi connectivity index (χ1n) is 7.89. The highest BCUT2D eigenvalue weighted by Gasteiger charge is 2.08. The van der Waals surface area contributed by atoms with Gasteiger partial charge in [-0.1, -0.05) is 57.6 Å². The zero-order valence-corrected chi connectivity index (χ0v) is 12.9. The Labute approximate surface area is 127 Å². The molecule has 0 heterocycles. The van der Waals surface area contributed by atoms with Crippen LogP contribution >= 0.6 is 0 Å². The second kappa shape index (κ2) is 11.0. The summed E-state index contributed by atoms with van der Waals surface area (Å²) in [6.07, 6.45) is 13.6. The van der Waals surface area contributed by atoms with Gasteiger partial charge in [-0.05, 0) is 31.1 Å². The number of para-hydroxylation sites is 1. The van der Waals surface area contributed by atoms with Crippen LogP contribution < -0.4 is 4.74 Å². The number of hydrogen-bond donors (Lipinski definition) is 1. The van der Waals surface area contributed by atoms with Crippen LogP contribution in [0.3, 0.4) is 0 Å². The Hall–Kier alpha value is -1.77. The maximum atomic E-state index is 11.0. The fourth-order valence-electron chi connectivity index (χ4n) is 2.15. The van der Waals surface area contributed by atoms with E-state index in [-0.39, 0.29) is 5.56 Å². The fourth-order valence-corrected chi connectivity index (χ4v) is 2.15. The van der Waals surface area contributed by atoms with Gasteiger partial charge in [-0.15, -0.1) is 0 Å². The number of benzene rings is 1. The first-order chi connectivity index (χ1) is 10.3. The zero-order chi connectivity index (χ0) is 15.3. The van der Waals surface area contributed by atoms with Crippen LogP contribution in [0.4, 0.5) is 0 Å². The normalized spacial score (nSPS) is 10.9. The van der Waals surface area contributed by atoms with Crippen molar-refractivity contribution >= 4 is 5.97 Å². The molecule has 0 saturated heterocycles. The molecule has 1 aromatic rings. The molecule has 3 heteroatoms. The second-order valence-corrected chi connectivity index (χ2v) is 5.20. The molecular weight excluding hydrogens is 264 g/mol. The van der Waals surface area contributed by atoms with Crippen LogP contribution in [0.1, 0.15) is 68.6 Å². The molecule has 0 saturated carbocycles. The molecule has 1 aromatic carbocycles. The summed E-state index contributed by atoms with van der Waals surface area (Å²) in [5.74, 6) is -0.577. The van der Waals surface area contributed by atoms with Crippen LogP contribution in [-0.4, -0.2) is 11.1 Å². The van der Waals surface area contributed by atoms with E-state index in [0.717, 1.165) is 12.8 Å². The Balaban J connectivity index is 2.16. The number of rotatable bonds is 11. The van der Waals surface area contributed by atoms with E-state index in [1.807, 2.05) is 6.08 Å². The van der Waals surface area contributed by atoms with Crippen LogP contribution in [0.2, 0.25) is 0 Å². The molecule has 21 heavy (non-hydrogen) atoms. The molecule has 0 unspecified atom stereocenters. The molecule has 0 bridgehead atoms. The molecule has 0 aliphatic heterocycles. The van der Waals surface area contributed by atoms with Gasteiger partial charge in [-0.2, -0.15) is 0 Å². The van der Waals surface area contributed by atoms with Gasteiger partial charge in [-0.25, -0.2) is 4.79 Å². The van der Waals surface area contributed by atoms with Gasteiger partial charge in [-0.3, -0.25) is 0 Å². The van der Waals surface area contributed by atoms with Gasteiger partial charge in [0.25, 0.3) is 0 Å². The summed E-state index contributed by atoms with van der Waals surface area (Å²) in [4.78, 5) is 11.0. The summed E-state index contributed by atoms with van der Waals surface area (Å²) >= 11 is 0. The Morgan fingerprint density at radius 2 is 1.76 bits per heavy atom. The van der Waals surface area contributed by atoms with Crippen molar-refractivity contribution < 1.29 is 14.6 Å². The summed E-state index contributed by atoms with van der Waals surface area (Å²) in [7, 11) is 0. The lowest BCUT2D eigenvalue weighted by Crippen LogP contribution is -1.99. The third-order valence-electron chi connectivity index (χ3n) is 3.38. The van der Waals surface area contributed by atoms with Gasteiger partial charge in [0.2, 0.25) is 0 Å². The molecule has 0 radical (unpaired) electrons. The Kier molecular flexibility index (Phi) is 9.01. The Morgan fingerprint density at radius 1 is 1.10 bits per heavy atom. The zero-order valence-electron chi connectivity index (χ0n) is 12.9. The molecule has 0 amide bonds. The SMILES string of the molecule is CCCCCCCCC/C=C/Oc1ccccc1C(=O)O. The van der Waals surface area contributed by atoms with Crippen molar-refractivity contribution in [2.45, 2.75) is 58.3 Å². The Morgan fingerprint density at radius 3 is 2.48 bits per heavy atom. The number of aromatic carboxylic acids is 1. The minimum Gasteiger partial charge on any atom is -0.478 e. The van der Waals surface area contributed by atoms with E-state index in [4.69, 9.17) is 9.84 Å². The number of ether oxygens (including phenoxy) is 1. The predicted molar refractivity (Wildman–Crippen MR) is 85.8 cm³/mol. The lowest BCUT2D eigenvalue weighted by Gasteiger charge is -2.04. The number of carboxylic acids is 1. The maximum absolute atomic E-state index is 11.0. The largest absolute Gasteiger partial charge is 0.478 e. The molecule has 3 nitrogen and oxygen atoms in total. The second-order valence-electron chi connectivity index (χ2n) is 5.20. The third kappa shape index (κ3) is 7.54. The van der Waals surface area contributed by atoms with Crippen molar-refractivity contribution in [3.05, 3.63) is 42.2 Å². The molecular formula is C18H26O3. The van der Waals surface area contributed by atoms with E-state index in [1.54, 1.807) is 30.5 Å². The van der Waals surface area contributed by atoms with Crippen LogP contribution in [0.15, 0.2) is 36.6 Å². The van der Waals surface area contributed by atoms with E-state index in [1.165, 1.54) is 38.5 Å². The van der Waals surface area contributed by atoms with Crippen molar-refractivity contribution in [3.63, 3.8) is 0 Å². The minimum absolute atomic E-state index is 0.193. The smallest absolute Gasteiger partial charge is 0.339 e. The molecule has 0 aliphatic rings. The highest BCUT2D eigenvalue weighted by molar-refractivity contribution is 5.90. The summed E-state index contributed by atoms with van der Waals surface area (Å²) < 4.78 is 5.40. The molecule has 1 N–H and O–H groups in total. The van der Waals surface area contributed by atoms with Crippen molar-refractivity contribution in [3.8, 4) is 5.75 Å². The summed E-state index contributed by atoms with van der Waals surface area (Å²) in [5, 5.41) is 9.02. The minimum atomic E-state index is -0.967. The van der Waals surface area contributed by atoms with Gasteiger partial charge >= 0.3 is 5.97 Å². The van der Waals surface area contributed by atoms with Crippen LogP contribution in [0.5, 0.6) is 5.75 Å². The standard InChI is InChI=1S/C18H26O3/c1-2-3-4-5-6-7-8-9-12-15-21-17-14-11-10-13-16(17)18(19)20/h10-15H,2-9H2,1H3,(H,19,20)/b15-12+. The first kappa shape index (κ1) is 17.3. The van der Waals surface area contributed by atoms with E-state index in [0.29, 0.717) is 5.75 Å². The lowest BCUT2D eigenvalue weighted by atomic mass is 10.1. The predicted octanol–water partition coefficient (Wildman–Crippen LogP) is 5.42. The van der Waals surface area contributed by atoms with Gasteiger partial charge in [0, 0.05) is 0 Å². The van der Waals surface area contributed by atoms with Crippen molar-refractivity contribution in [2.75, 3.05) is 0 Å². The fraction of sp³-hybridized carbons (Fsp3) is 0.500. The Bertz CT molecular complexity index is 438. The van der Waals surface area contributed by atoms with Gasteiger partial charge < -0.3 is 9.84 Å². The number of allylic oxidation sites excluding steroid dienone is 1. The van der Waals surface area contributed by atoms with Crippen LogP contribution in [0, 0.1) is 0 Å². The maximum Gasteiger partial charge on any atom is 0.339 e. The lowest BCUT2D eigenvalue weighted by molar-refractivity contribution is 0.0694. The number of carbonyl (C=O) groups is 1. The molecule has 0 atom stereocenters. The molecule has 0 spiro atoms. The van der Waals surface area contributed by atoms with Crippen molar-refractivity contribution in [1.29, 1.82) is 0 Å². The van der Waals surface area contributed by atoms with E-state index in [9.17, 15) is 4.79 Å². The average molecular weight is 290 g/mol. The molecule has 0 fully saturated rings. The van der Waals surface area contributed by atoms with E-state index in [2.05, 4.69) is 6.92 Å². The third-order valence-corrected chi connectivity index (χ3v) is 3.38. The average Bonchev–Trinajstić information content (AvgIpc) is 2.49. The molecule has 1 rings (SSSR count). The number of carboxylic acid groups (broad SMARTS) is 1. The first-order valence-corrected chi connectivity index (χ1v) is 7.89. The summed E-state index contributed by atoms with van der Waals surface area (Å²) in [6, 6.07) is 6.67. The van der Waals surface area contributed by atoms with Gasteiger partial charge in [0.05, 0.1) is 6.26 Å². The van der Waals surface area contributed by atoms with Crippen LogP contribution in [0.25, 0.3) is 0 Å². The highest BCUT2D eigenvalue weighted by atomic mass is 16.5. The van der Waals surface area contributed by atoms with Gasteiger partial charge in [0.15, 0.2) is 0 Å². The summed E-state index contributed by atoms with van der Waals surface area (Å²) in [6.45, 7) is 2.23. The molecule has 0 aromatic heterocycles. The van der Waals surface area contributed by atoms with E-state index < -0.39 is 5.97 Å². The number of unbranched alkanes of at least 4 members (excludes halogenated alkanes) is 7. The van der Waals surface area contributed by atoms with Crippen molar-refractivity contribution in [2.24, 2.45) is 0 Å². The molecule has 0 aliphatic carbocycles. The highest BCUT2D eigenvalue weighted by Crippen LogP contribution is 2.18. The van der Waals surface area contributed by atoms with Crippen molar-refractivity contribution in [1.82, 2.24) is 0 Å². The molecule has 116 valence electrons.